The van der Waals surface area contributed by atoms with Crippen LogP contribution in [0.3, 0.4) is 0 Å². The van der Waals surface area contributed by atoms with Crippen LogP contribution in [-0.2, 0) is 20.7 Å². The van der Waals surface area contributed by atoms with Crippen molar-refractivity contribution < 1.29 is 23.9 Å². The molecule has 2 N–H and O–H groups in total. The Labute approximate surface area is 169 Å². The molecule has 1 fully saturated rings. The van der Waals surface area contributed by atoms with Gasteiger partial charge in [-0.3, -0.25) is 9.59 Å². The Hall–Kier alpha value is -3.35. The summed E-state index contributed by atoms with van der Waals surface area (Å²) in [5, 5.41) is 5.68. The zero-order valence-electron chi connectivity index (χ0n) is 16.4. The Morgan fingerprint density at radius 1 is 0.966 bits per heavy atom. The fourth-order valence-electron chi connectivity index (χ4n) is 3.18. The zero-order valence-corrected chi connectivity index (χ0v) is 16.4. The standard InChI is InChI=1S/C22H24N2O5/c1-28-19-6-4-3-5-14(19)11-12-23-20(25)17-13-18(17)21(26)24-16-9-7-15(8-10-16)22(27)29-2/h3-10,17-18H,11-13H2,1-2H3,(H,23,25)(H,24,26). The van der Waals surface area contributed by atoms with E-state index in [1.54, 1.807) is 31.4 Å². The van der Waals surface area contributed by atoms with E-state index in [0.717, 1.165) is 11.3 Å². The normalized spacial score (nSPS) is 17.2. The number of anilines is 1. The molecule has 1 saturated carbocycles. The van der Waals surface area contributed by atoms with E-state index in [0.29, 0.717) is 30.6 Å². The number of esters is 1. The van der Waals surface area contributed by atoms with Gasteiger partial charge in [0.25, 0.3) is 0 Å². The lowest BCUT2D eigenvalue weighted by atomic mass is 10.1. The summed E-state index contributed by atoms with van der Waals surface area (Å²) in [5.74, 6) is -0.580. The molecule has 7 nitrogen and oxygen atoms in total. The van der Waals surface area contributed by atoms with Gasteiger partial charge in [0.1, 0.15) is 5.75 Å². The highest BCUT2D eigenvalue weighted by Gasteiger charge is 2.47. The lowest BCUT2D eigenvalue weighted by Crippen LogP contribution is -2.29. The van der Waals surface area contributed by atoms with E-state index in [4.69, 9.17) is 4.74 Å². The van der Waals surface area contributed by atoms with E-state index >= 15 is 0 Å². The average molecular weight is 396 g/mol. The number of ether oxygens (including phenoxy) is 2. The van der Waals surface area contributed by atoms with E-state index < -0.39 is 5.97 Å². The first kappa shape index (κ1) is 20.4. The molecule has 1 aliphatic carbocycles. The van der Waals surface area contributed by atoms with Crippen molar-refractivity contribution in [2.75, 3.05) is 26.1 Å². The van der Waals surface area contributed by atoms with Gasteiger partial charge < -0.3 is 20.1 Å². The van der Waals surface area contributed by atoms with Crippen LogP contribution in [0.5, 0.6) is 5.75 Å². The van der Waals surface area contributed by atoms with E-state index in [-0.39, 0.29) is 23.7 Å². The van der Waals surface area contributed by atoms with Crippen LogP contribution in [0, 0.1) is 11.8 Å². The van der Waals surface area contributed by atoms with Gasteiger partial charge in [-0.25, -0.2) is 4.79 Å². The van der Waals surface area contributed by atoms with Gasteiger partial charge in [-0.15, -0.1) is 0 Å². The van der Waals surface area contributed by atoms with Crippen LogP contribution in [-0.4, -0.2) is 38.5 Å². The fourth-order valence-corrected chi connectivity index (χ4v) is 3.18. The van der Waals surface area contributed by atoms with E-state index in [9.17, 15) is 14.4 Å². The van der Waals surface area contributed by atoms with Crippen molar-refractivity contribution >= 4 is 23.5 Å². The van der Waals surface area contributed by atoms with Crippen LogP contribution < -0.4 is 15.4 Å². The van der Waals surface area contributed by atoms with Gasteiger partial charge in [-0.2, -0.15) is 0 Å². The van der Waals surface area contributed by atoms with E-state index in [1.165, 1.54) is 7.11 Å². The molecule has 2 aromatic carbocycles. The fraction of sp³-hybridized carbons (Fsp3) is 0.318. The number of hydrogen-bond acceptors (Lipinski definition) is 5. The molecule has 152 valence electrons. The third-order valence-electron chi connectivity index (χ3n) is 4.92. The highest BCUT2D eigenvalue weighted by atomic mass is 16.5. The number of para-hydroxylation sites is 1. The molecular formula is C22H24N2O5. The van der Waals surface area contributed by atoms with Crippen molar-refractivity contribution in [2.45, 2.75) is 12.8 Å². The first-order valence-electron chi connectivity index (χ1n) is 9.42. The molecule has 7 heteroatoms. The van der Waals surface area contributed by atoms with Crippen molar-refractivity contribution in [1.29, 1.82) is 0 Å². The first-order chi connectivity index (χ1) is 14.0. The Bertz CT molecular complexity index is 894. The molecule has 3 rings (SSSR count). The number of nitrogens with one attached hydrogen (secondary N) is 2. The zero-order chi connectivity index (χ0) is 20.8. The third kappa shape index (κ3) is 5.13. The van der Waals surface area contributed by atoms with Gasteiger partial charge in [-0.1, -0.05) is 18.2 Å². The number of carbonyl (C=O) groups excluding carboxylic acids is 3. The quantitative estimate of drug-likeness (QED) is 0.669. The molecule has 0 aromatic heterocycles. The molecule has 0 spiro atoms. The molecule has 2 aromatic rings. The molecule has 0 bridgehead atoms. The Morgan fingerprint density at radius 2 is 1.66 bits per heavy atom. The van der Waals surface area contributed by atoms with Gasteiger partial charge in [0.05, 0.1) is 31.6 Å². The highest BCUT2D eigenvalue weighted by molar-refractivity contribution is 5.99. The second-order valence-electron chi connectivity index (χ2n) is 6.86. The van der Waals surface area contributed by atoms with Gasteiger partial charge >= 0.3 is 5.97 Å². The van der Waals surface area contributed by atoms with Crippen molar-refractivity contribution in [3.05, 3.63) is 59.7 Å². The predicted molar refractivity (Wildman–Crippen MR) is 108 cm³/mol. The minimum atomic E-state index is -0.435. The summed E-state index contributed by atoms with van der Waals surface area (Å²) in [7, 11) is 2.93. The minimum Gasteiger partial charge on any atom is -0.496 e. The largest absolute Gasteiger partial charge is 0.496 e. The topological polar surface area (TPSA) is 93.7 Å². The Kier molecular flexibility index (Phi) is 6.49. The van der Waals surface area contributed by atoms with Crippen molar-refractivity contribution in [2.24, 2.45) is 11.8 Å². The lowest BCUT2D eigenvalue weighted by molar-refractivity contribution is -0.125. The highest BCUT2D eigenvalue weighted by Crippen LogP contribution is 2.39. The molecular weight excluding hydrogens is 372 g/mol. The second kappa shape index (κ2) is 9.23. The molecule has 2 atom stereocenters. The van der Waals surface area contributed by atoms with Crippen LogP contribution in [0.15, 0.2) is 48.5 Å². The Balaban J connectivity index is 1.44. The van der Waals surface area contributed by atoms with Gasteiger partial charge in [-0.05, 0) is 48.7 Å². The van der Waals surface area contributed by atoms with Crippen molar-refractivity contribution in [1.82, 2.24) is 5.32 Å². The smallest absolute Gasteiger partial charge is 0.337 e. The maximum Gasteiger partial charge on any atom is 0.337 e. The van der Waals surface area contributed by atoms with Crippen LogP contribution >= 0.6 is 0 Å². The summed E-state index contributed by atoms with van der Waals surface area (Å²) in [4.78, 5) is 36.1. The van der Waals surface area contributed by atoms with Crippen LogP contribution in [0.2, 0.25) is 0 Å². The summed E-state index contributed by atoms with van der Waals surface area (Å²) in [6, 6.07) is 14.1. The van der Waals surface area contributed by atoms with Crippen LogP contribution in [0.1, 0.15) is 22.3 Å². The summed E-state index contributed by atoms with van der Waals surface area (Å²) in [5.41, 5.74) is 2.00. The number of amides is 2. The molecule has 2 unspecified atom stereocenters. The van der Waals surface area contributed by atoms with E-state index in [2.05, 4.69) is 15.4 Å². The van der Waals surface area contributed by atoms with Crippen molar-refractivity contribution in [3.63, 3.8) is 0 Å². The SMILES string of the molecule is COC(=O)c1ccc(NC(=O)C2CC2C(=O)NCCc2ccccc2OC)cc1. The van der Waals surface area contributed by atoms with E-state index in [1.807, 2.05) is 24.3 Å². The number of hydrogen-bond donors (Lipinski definition) is 2. The number of methoxy groups -OCH3 is 2. The molecule has 0 aliphatic heterocycles. The summed E-state index contributed by atoms with van der Waals surface area (Å²) < 4.78 is 9.94. The van der Waals surface area contributed by atoms with Gasteiger partial charge in [0.2, 0.25) is 11.8 Å². The predicted octanol–water partition coefficient (Wildman–Crippen LogP) is 2.42. The van der Waals surface area contributed by atoms with Crippen LogP contribution in [0.25, 0.3) is 0 Å². The Morgan fingerprint density at radius 3 is 2.34 bits per heavy atom. The molecule has 2 amide bonds. The summed E-state index contributed by atoms with van der Waals surface area (Å²) >= 11 is 0. The molecule has 0 radical (unpaired) electrons. The molecule has 0 saturated heterocycles. The minimum absolute atomic E-state index is 0.110. The molecule has 0 heterocycles. The first-order valence-corrected chi connectivity index (χ1v) is 9.42. The van der Waals surface area contributed by atoms with Crippen molar-refractivity contribution in [3.8, 4) is 5.75 Å². The number of rotatable bonds is 8. The maximum absolute atomic E-state index is 12.3. The summed E-state index contributed by atoms with van der Waals surface area (Å²) in [6.45, 7) is 0.485. The average Bonchev–Trinajstić information content (AvgIpc) is 3.55. The molecule has 1 aliphatic rings. The summed E-state index contributed by atoms with van der Waals surface area (Å²) in [6.07, 6.45) is 1.19. The second-order valence-corrected chi connectivity index (χ2v) is 6.86. The molecule has 29 heavy (non-hydrogen) atoms. The maximum atomic E-state index is 12.3. The number of benzene rings is 2. The van der Waals surface area contributed by atoms with Gasteiger partial charge in [0, 0.05) is 12.2 Å². The monoisotopic (exact) mass is 396 g/mol. The number of carbonyl (C=O) groups is 3. The third-order valence-corrected chi connectivity index (χ3v) is 4.92. The lowest BCUT2D eigenvalue weighted by Gasteiger charge is -2.09. The van der Waals surface area contributed by atoms with Gasteiger partial charge in [0.15, 0.2) is 0 Å². The van der Waals surface area contributed by atoms with Crippen LogP contribution in [0.4, 0.5) is 5.69 Å².